The van der Waals surface area contributed by atoms with Crippen molar-refractivity contribution in [2.45, 2.75) is 50.5 Å². The van der Waals surface area contributed by atoms with Gasteiger partial charge in [-0.3, -0.25) is 4.79 Å². The zero-order valence-corrected chi connectivity index (χ0v) is 26.2. The van der Waals surface area contributed by atoms with E-state index in [4.69, 9.17) is 21.1 Å². The molecule has 2 aromatic carbocycles. The number of nitrogens with one attached hydrogen (secondary N) is 1. The standard InChI is InChI=1S/C33H38ClFN6O3/c1-39-14-12-32(13-15-39)19-41(20-32)25-17-27(43-3)24(16-23(25)35)37-31-36-18-22(34)29(38-31)44-26-9-7-8-21-28(26)30(42)40(2)33(21)10-5-4-6-11-33/h7-9,16-18H,4-6,10-15,19-20H2,1-3H3,(H,36,37,38). The number of amides is 1. The van der Waals surface area contributed by atoms with Crippen LogP contribution in [0.1, 0.15) is 60.9 Å². The third-order valence-electron chi connectivity index (χ3n) is 10.2. The van der Waals surface area contributed by atoms with Crippen LogP contribution in [0.15, 0.2) is 36.5 Å². The lowest BCUT2D eigenvalue weighted by Crippen LogP contribution is -2.60. The van der Waals surface area contributed by atoms with Crippen molar-refractivity contribution in [3.8, 4) is 17.4 Å². The van der Waals surface area contributed by atoms with Gasteiger partial charge >= 0.3 is 0 Å². The van der Waals surface area contributed by atoms with E-state index in [2.05, 4.69) is 32.1 Å². The van der Waals surface area contributed by atoms with Gasteiger partial charge in [0.2, 0.25) is 11.8 Å². The molecule has 0 atom stereocenters. The molecule has 44 heavy (non-hydrogen) atoms. The van der Waals surface area contributed by atoms with Crippen molar-refractivity contribution in [1.29, 1.82) is 0 Å². The maximum Gasteiger partial charge on any atom is 0.258 e. The Bertz CT molecular complexity index is 1600. The number of piperidine rings is 1. The summed E-state index contributed by atoms with van der Waals surface area (Å²) in [6, 6.07) is 8.84. The van der Waals surface area contributed by atoms with Crippen LogP contribution < -0.4 is 19.7 Å². The molecule has 7 rings (SSSR count). The number of likely N-dealkylation sites (tertiary alicyclic amines) is 1. The molecule has 3 aliphatic heterocycles. The van der Waals surface area contributed by atoms with Crippen molar-refractivity contribution in [3.63, 3.8) is 0 Å². The fraction of sp³-hybridized carbons (Fsp3) is 0.485. The van der Waals surface area contributed by atoms with Gasteiger partial charge in [-0.05, 0) is 57.5 Å². The lowest BCUT2D eigenvalue weighted by molar-refractivity contribution is 0.0529. The lowest BCUT2D eigenvalue weighted by atomic mass is 9.72. The zero-order valence-electron chi connectivity index (χ0n) is 25.5. The van der Waals surface area contributed by atoms with E-state index in [9.17, 15) is 4.79 Å². The fourth-order valence-electron chi connectivity index (χ4n) is 7.61. The minimum absolute atomic E-state index is 0.0646. The van der Waals surface area contributed by atoms with Gasteiger partial charge in [-0.2, -0.15) is 4.98 Å². The molecule has 1 aliphatic carbocycles. The summed E-state index contributed by atoms with van der Waals surface area (Å²) in [5.74, 6) is 0.713. The van der Waals surface area contributed by atoms with Gasteiger partial charge in [-0.25, -0.2) is 9.37 Å². The molecular formula is C33H38ClFN6O3. The second-order valence-corrected chi connectivity index (χ2v) is 13.3. The van der Waals surface area contributed by atoms with Crippen molar-refractivity contribution < 1.29 is 18.7 Å². The Balaban J connectivity index is 1.12. The predicted molar refractivity (Wildman–Crippen MR) is 168 cm³/mol. The van der Waals surface area contributed by atoms with Crippen molar-refractivity contribution in [2.24, 2.45) is 5.41 Å². The number of methoxy groups -OCH3 is 1. The first-order valence-electron chi connectivity index (χ1n) is 15.4. The molecule has 0 unspecified atom stereocenters. The zero-order chi connectivity index (χ0) is 30.6. The molecule has 232 valence electrons. The number of aromatic nitrogens is 2. The highest BCUT2D eigenvalue weighted by Crippen LogP contribution is 2.51. The highest BCUT2D eigenvalue weighted by Gasteiger charge is 2.49. The summed E-state index contributed by atoms with van der Waals surface area (Å²) in [5.41, 5.74) is 2.42. The van der Waals surface area contributed by atoms with Crippen LogP contribution in [0.2, 0.25) is 5.02 Å². The van der Waals surface area contributed by atoms with Crippen LogP contribution in [-0.2, 0) is 5.54 Å². The molecule has 3 aromatic rings. The van der Waals surface area contributed by atoms with Gasteiger partial charge < -0.3 is 29.5 Å². The van der Waals surface area contributed by atoms with E-state index in [1.165, 1.54) is 18.7 Å². The number of halogens is 2. The predicted octanol–water partition coefficient (Wildman–Crippen LogP) is 6.59. The van der Waals surface area contributed by atoms with Crippen LogP contribution >= 0.6 is 11.6 Å². The number of carbonyl (C=O) groups excluding carboxylic acids is 1. The first kappa shape index (κ1) is 29.1. The highest BCUT2D eigenvalue weighted by molar-refractivity contribution is 6.31. The molecule has 4 aliphatic rings. The number of rotatable bonds is 6. The summed E-state index contributed by atoms with van der Waals surface area (Å²) in [6.45, 7) is 3.85. The number of anilines is 3. The molecule has 2 spiro atoms. The average molecular weight is 621 g/mol. The second kappa shape index (κ2) is 11.1. The third-order valence-corrected chi connectivity index (χ3v) is 10.5. The molecule has 0 radical (unpaired) electrons. The van der Waals surface area contributed by atoms with Crippen molar-refractivity contribution in [3.05, 3.63) is 58.5 Å². The normalized spacial score (nSPS) is 20.5. The van der Waals surface area contributed by atoms with Crippen LogP contribution in [-0.4, -0.2) is 73.1 Å². The van der Waals surface area contributed by atoms with Gasteiger partial charge in [0.15, 0.2) is 0 Å². The van der Waals surface area contributed by atoms with E-state index in [0.717, 1.165) is 70.3 Å². The van der Waals surface area contributed by atoms with E-state index in [1.54, 1.807) is 19.2 Å². The van der Waals surface area contributed by atoms with Gasteiger partial charge in [0.25, 0.3) is 5.91 Å². The van der Waals surface area contributed by atoms with Crippen LogP contribution in [0.3, 0.4) is 0 Å². The SMILES string of the molecule is COc1cc(N2CC3(CCN(C)CC3)C2)c(F)cc1Nc1ncc(Cl)c(Oc2cccc3c2C(=O)N(C)C32CCCCC2)n1. The molecule has 1 aromatic heterocycles. The topological polar surface area (TPSA) is 83.1 Å². The summed E-state index contributed by atoms with van der Waals surface area (Å²) in [6.07, 6.45) is 8.89. The number of fused-ring (bicyclic) bond motifs is 2. The summed E-state index contributed by atoms with van der Waals surface area (Å²) >= 11 is 6.47. The van der Waals surface area contributed by atoms with Gasteiger partial charge in [-0.1, -0.05) is 43.0 Å². The van der Waals surface area contributed by atoms with Crippen LogP contribution in [0.4, 0.5) is 21.7 Å². The molecule has 1 saturated carbocycles. The summed E-state index contributed by atoms with van der Waals surface area (Å²) in [4.78, 5) is 28.6. The second-order valence-electron chi connectivity index (χ2n) is 12.9. The Morgan fingerprint density at radius 2 is 1.77 bits per heavy atom. The molecule has 11 heteroatoms. The molecular weight excluding hydrogens is 583 g/mol. The molecule has 1 N–H and O–H groups in total. The van der Waals surface area contributed by atoms with E-state index >= 15 is 4.39 Å². The minimum Gasteiger partial charge on any atom is -0.494 e. The number of ether oxygens (including phenoxy) is 2. The summed E-state index contributed by atoms with van der Waals surface area (Å²) < 4.78 is 27.3. The Kier molecular flexibility index (Phi) is 7.32. The smallest absolute Gasteiger partial charge is 0.258 e. The maximum atomic E-state index is 15.5. The Morgan fingerprint density at radius 1 is 1.02 bits per heavy atom. The van der Waals surface area contributed by atoms with Crippen molar-refractivity contribution in [2.75, 3.05) is 57.6 Å². The highest BCUT2D eigenvalue weighted by atomic mass is 35.5. The van der Waals surface area contributed by atoms with Crippen molar-refractivity contribution in [1.82, 2.24) is 19.8 Å². The summed E-state index contributed by atoms with van der Waals surface area (Å²) in [5, 5.41) is 3.26. The molecule has 1 amide bonds. The van der Waals surface area contributed by atoms with Crippen molar-refractivity contribution >= 4 is 34.8 Å². The molecule has 0 bridgehead atoms. The van der Waals surface area contributed by atoms with Gasteiger partial charge in [-0.15, -0.1) is 0 Å². The number of hydrogen-bond acceptors (Lipinski definition) is 8. The average Bonchev–Trinajstić information content (AvgIpc) is 3.21. The quantitative estimate of drug-likeness (QED) is 0.331. The van der Waals surface area contributed by atoms with Gasteiger partial charge in [0.1, 0.15) is 22.3 Å². The monoisotopic (exact) mass is 620 g/mol. The number of benzene rings is 2. The maximum absolute atomic E-state index is 15.5. The first-order chi connectivity index (χ1) is 21.2. The first-order valence-corrected chi connectivity index (χ1v) is 15.8. The van der Waals surface area contributed by atoms with Crippen LogP contribution in [0, 0.1) is 11.2 Å². The number of nitrogens with zero attached hydrogens (tertiary/aromatic N) is 5. The molecule has 4 heterocycles. The Morgan fingerprint density at radius 3 is 2.50 bits per heavy atom. The molecule has 3 fully saturated rings. The summed E-state index contributed by atoms with van der Waals surface area (Å²) in [7, 11) is 5.58. The van der Waals surface area contributed by atoms with Gasteiger partial charge in [0, 0.05) is 37.7 Å². The van der Waals surface area contributed by atoms with E-state index in [0.29, 0.717) is 28.4 Å². The third kappa shape index (κ3) is 4.83. The number of hydrogen-bond donors (Lipinski definition) is 1. The van der Waals surface area contributed by atoms with Crippen LogP contribution in [0.5, 0.6) is 17.4 Å². The number of carbonyl (C=O) groups is 1. The minimum atomic E-state index is -0.347. The molecule has 2 saturated heterocycles. The Labute approximate surface area is 262 Å². The van der Waals surface area contributed by atoms with Gasteiger partial charge in [0.05, 0.1) is 35.8 Å². The van der Waals surface area contributed by atoms with E-state index in [-0.39, 0.29) is 39.5 Å². The van der Waals surface area contributed by atoms with E-state index < -0.39 is 0 Å². The Hall–Kier alpha value is -3.63. The fourth-order valence-corrected chi connectivity index (χ4v) is 7.74. The lowest BCUT2D eigenvalue weighted by Gasteiger charge is -2.54. The van der Waals surface area contributed by atoms with E-state index in [1.807, 2.05) is 24.1 Å². The largest absolute Gasteiger partial charge is 0.494 e. The van der Waals surface area contributed by atoms with Crippen LogP contribution in [0.25, 0.3) is 0 Å². The molecule has 9 nitrogen and oxygen atoms in total.